The van der Waals surface area contributed by atoms with Crippen LogP contribution in [-0.4, -0.2) is 51.5 Å². The lowest BCUT2D eigenvalue weighted by atomic mass is 9.72. The molecule has 12 heteroatoms. The Morgan fingerprint density at radius 1 is 1.18 bits per heavy atom. The Labute approximate surface area is 257 Å². The highest BCUT2D eigenvalue weighted by molar-refractivity contribution is 5.90. The summed E-state index contributed by atoms with van der Waals surface area (Å²) >= 11 is 0. The smallest absolute Gasteiger partial charge is 0.249 e. The summed E-state index contributed by atoms with van der Waals surface area (Å²) < 4.78 is 18.9. The van der Waals surface area contributed by atoms with E-state index in [2.05, 4.69) is 27.5 Å². The number of aliphatic hydroxyl groups is 1. The fraction of sp³-hybridized carbons (Fsp3) is 0.303. The quantitative estimate of drug-likeness (QED) is 0.188. The normalized spacial score (nSPS) is 23.4. The van der Waals surface area contributed by atoms with E-state index in [4.69, 9.17) is 18.6 Å². The molecule has 1 spiro atoms. The van der Waals surface area contributed by atoms with E-state index in [9.17, 15) is 19.5 Å². The number of hydrogen-bond donors (Lipinski definition) is 4. The summed E-state index contributed by atoms with van der Waals surface area (Å²) in [6.45, 7) is 9.24. The zero-order chi connectivity index (χ0) is 31.6. The molecule has 5 heterocycles. The minimum absolute atomic E-state index is 0.0543. The van der Waals surface area contributed by atoms with Crippen molar-refractivity contribution >= 4 is 23.8 Å². The number of carbonyl (C=O) groups is 3. The third-order valence-corrected chi connectivity index (χ3v) is 8.59. The second-order valence-electron chi connectivity index (χ2n) is 12.0. The number of oxazole rings is 2. The highest BCUT2D eigenvalue weighted by Crippen LogP contribution is 2.59. The van der Waals surface area contributed by atoms with Gasteiger partial charge in [-0.05, 0) is 41.7 Å². The van der Waals surface area contributed by atoms with Gasteiger partial charge in [-0.2, -0.15) is 0 Å². The Balaban J connectivity index is 1.49. The standard InChI is InChI=1S/C33H31N5O7/c1-15(2)24-31-38-25(30-34-18(13-39)14-43-30)27(45-31)33-19-7-5-6-8-21(19)36-32(33)44-23-10-9-17(11-20(23)33)12-22(28(41)37-24)35-29(42)26(40)16(3)4/h5-11,13-14,16,22,24,26,32,36,40H,1,12H2,2-4H3,(H,35,42)(H,37,41)/t22-,24-,26-,32+,33-/m0/s1. The topological polar surface area (TPSA) is 169 Å². The van der Waals surface area contributed by atoms with Gasteiger partial charge in [-0.25, -0.2) is 9.97 Å². The highest BCUT2D eigenvalue weighted by Gasteiger charge is 2.61. The first kappa shape index (κ1) is 28.5. The predicted molar refractivity (Wildman–Crippen MR) is 160 cm³/mol. The van der Waals surface area contributed by atoms with Gasteiger partial charge in [-0.3, -0.25) is 14.4 Å². The van der Waals surface area contributed by atoms with Crippen molar-refractivity contribution < 1.29 is 33.1 Å². The average molecular weight is 610 g/mol. The number of rotatable bonds is 6. The third-order valence-electron chi connectivity index (χ3n) is 8.59. The number of fused-ring (bicyclic) bond motifs is 4. The Hall–Kier alpha value is -5.23. The molecule has 2 aromatic carbocycles. The molecule has 12 nitrogen and oxygen atoms in total. The number of benzene rings is 2. The summed E-state index contributed by atoms with van der Waals surface area (Å²) in [7, 11) is 0. The van der Waals surface area contributed by atoms with Crippen LogP contribution in [0.1, 0.15) is 65.6 Å². The number of aromatic nitrogens is 2. The van der Waals surface area contributed by atoms with Crippen LogP contribution >= 0.6 is 0 Å². The van der Waals surface area contributed by atoms with E-state index in [-0.39, 0.29) is 35.5 Å². The molecule has 4 aromatic rings. The fourth-order valence-electron chi connectivity index (χ4n) is 6.32. The van der Waals surface area contributed by atoms with Gasteiger partial charge in [0, 0.05) is 17.7 Å². The largest absolute Gasteiger partial charge is 0.469 e. The first-order valence-electron chi connectivity index (χ1n) is 14.6. The molecule has 4 N–H and O–H groups in total. The number of nitrogens with one attached hydrogen (secondary N) is 3. The van der Waals surface area contributed by atoms with Crippen molar-refractivity contribution in [1.29, 1.82) is 0 Å². The van der Waals surface area contributed by atoms with Crippen molar-refractivity contribution in [3.05, 3.63) is 94.9 Å². The summed E-state index contributed by atoms with van der Waals surface area (Å²) in [6, 6.07) is 11.4. The lowest BCUT2D eigenvalue weighted by Crippen LogP contribution is -2.52. The van der Waals surface area contributed by atoms with Gasteiger partial charge in [0.1, 0.15) is 41.3 Å². The molecule has 0 aliphatic carbocycles. The summed E-state index contributed by atoms with van der Waals surface area (Å²) in [6.07, 6.45) is -0.0263. The van der Waals surface area contributed by atoms with Crippen LogP contribution in [0, 0.1) is 5.92 Å². The first-order chi connectivity index (χ1) is 21.6. The Bertz CT molecular complexity index is 1880. The molecule has 7 rings (SSSR count). The van der Waals surface area contributed by atoms with Gasteiger partial charge in [-0.15, -0.1) is 0 Å². The van der Waals surface area contributed by atoms with Crippen molar-refractivity contribution in [2.24, 2.45) is 5.92 Å². The number of amides is 2. The molecule has 3 aliphatic heterocycles. The van der Waals surface area contributed by atoms with E-state index in [0.29, 0.717) is 23.4 Å². The molecule has 45 heavy (non-hydrogen) atoms. The lowest BCUT2D eigenvalue weighted by Gasteiger charge is -2.28. The van der Waals surface area contributed by atoms with Crippen LogP contribution < -0.4 is 20.7 Å². The zero-order valence-corrected chi connectivity index (χ0v) is 24.8. The van der Waals surface area contributed by atoms with Crippen molar-refractivity contribution in [1.82, 2.24) is 20.6 Å². The van der Waals surface area contributed by atoms with Gasteiger partial charge >= 0.3 is 0 Å². The average Bonchev–Trinajstić information content (AvgIpc) is 3.79. The number of anilines is 1. The second-order valence-corrected chi connectivity index (χ2v) is 12.0. The van der Waals surface area contributed by atoms with E-state index in [0.717, 1.165) is 22.4 Å². The second kappa shape index (κ2) is 10.4. The van der Waals surface area contributed by atoms with Crippen molar-refractivity contribution in [2.75, 3.05) is 5.32 Å². The number of para-hydroxylation sites is 1. The molecule has 2 aromatic heterocycles. The van der Waals surface area contributed by atoms with Crippen LogP contribution in [0.15, 0.2) is 69.7 Å². The number of aldehydes is 1. The maximum absolute atomic E-state index is 13.8. The number of aliphatic hydroxyl groups excluding tert-OH is 1. The minimum Gasteiger partial charge on any atom is -0.469 e. The zero-order valence-electron chi connectivity index (χ0n) is 24.8. The molecular formula is C33H31N5O7. The molecule has 230 valence electrons. The molecule has 4 bridgehead atoms. The number of nitrogens with zero attached hydrogens (tertiary/aromatic N) is 2. The van der Waals surface area contributed by atoms with E-state index >= 15 is 0 Å². The highest BCUT2D eigenvalue weighted by atomic mass is 16.5. The molecule has 0 saturated heterocycles. The van der Waals surface area contributed by atoms with Crippen LogP contribution in [0.2, 0.25) is 0 Å². The number of ether oxygens (including phenoxy) is 1. The number of carbonyl (C=O) groups excluding carboxylic acids is 3. The molecule has 0 fully saturated rings. The van der Waals surface area contributed by atoms with Gasteiger partial charge < -0.3 is 34.6 Å². The van der Waals surface area contributed by atoms with Crippen LogP contribution in [0.4, 0.5) is 5.69 Å². The third kappa shape index (κ3) is 4.35. The molecule has 0 radical (unpaired) electrons. The SMILES string of the molecule is C=C(C)[C@@H]1NC(=O)[C@@H](NC(=O)[C@@H](O)C(C)C)Cc2ccc3c(c2)[C@@]2(c4ccccc4N[C@@H]2O3)c2oc1nc2-c1nc(C=O)co1. The Kier molecular flexibility index (Phi) is 6.62. The summed E-state index contributed by atoms with van der Waals surface area (Å²) in [5, 5.41) is 19.6. The maximum Gasteiger partial charge on any atom is 0.249 e. The molecule has 0 unspecified atom stereocenters. The molecule has 5 atom stereocenters. The molecule has 2 amide bonds. The van der Waals surface area contributed by atoms with Gasteiger partial charge in [0.15, 0.2) is 24.0 Å². The maximum atomic E-state index is 13.8. The molecule has 0 saturated carbocycles. The summed E-state index contributed by atoms with van der Waals surface area (Å²) in [5.74, 6) is -0.447. The van der Waals surface area contributed by atoms with Crippen LogP contribution in [-0.2, 0) is 21.4 Å². The van der Waals surface area contributed by atoms with E-state index in [1.807, 2.05) is 42.5 Å². The Morgan fingerprint density at radius 2 is 1.98 bits per heavy atom. The summed E-state index contributed by atoms with van der Waals surface area (Å²) in [5.41, 5.74) is 2.89. The van der Waals surface area contributed by atoms with Gasteiger partial charge in [0.25, 0.3) is 0 Å². The van der Waals surface area contributed by atoms with Crippen molar-refractivity contribution in [3.8, 4) is 17.3 Å². The molecule has 3 aliphatic rings. The van der Waals surface area contributed by atoms with Crippen LogP contribution in [0.3, 0.4) is 0 Å². The van der Waals surface area contributed by atoms with E-state index in [1.54, 1.807) is 20.8 Å². The van der Waals surface area contributed by atoms with Gasteiger partial charge in [0.2, 0.25) is 23.6 Å². The van der Waals surface area contributed by atoms with Crippen LogP contribution in [0.5, 0.6) is 5.75 Å². The monoisotopic (exact) mass is 609 g/mol. The minimum atomic E-state index is -1.30. The van der Waals surface area contributed by atoms with E-state index in [1.165, 1.54) is 6.26 Å². The Morgan fingerprint density at radius 3 is 2.71 bits per heavy atom. The van der Waals surface area contributed by atoms with Crippen LogP contribution in [0.25, 0.3) is 11.6 Å². The fourth-order valence-corrected chi connectivity index (χ4v) is 6.32. The first-order valence-corrected chi connectivity index (χ1v) is 14.6. The lowest BCUT2D eigenvalue weighted by molar-refractivity contribution is -0.135. The van der Waals surface area contributed by atoms with Gasteiger partial charge in [-0.1, -0.05) is 50.8 Å². The molecular weight excluding hydrogens is 578 g/mol. The number of hydrogen-bond acceptors (Lipinski definition) is 10. The van der Waals surface area contributed by atoms with Gasteiger partial charge in [0.05, 0.1) is 0 Å². The van der Waals surface area contributed by atoms with Crippen molar-refractivity contribution in [2.45, 2.75) is 57.0 Å². The van der Waals surface area contributed by atoms with E-state index < -0.39 is 41.6 Å². The summed E-state index contributed by atoms with van der Waals surface area (Å²) in [4.78, 5) is 47.5. The van der Waals surface area contributed by atoms with Crippen molar-refractivity contribution in [3.63, 3.8) is 0 Å². The predicted octanol–water partition coefficient (Wildman–Crippen LogP) is 3.41.